The second-order valence-corrected chi connectivity index (χ2v) is 3.15. The van der Waals surface area contributed by atoms with Gasteiger partial charge in [-0.15, -0.1) is 0 Å². The molecule has 3 nitrogen and oxygen atoms in total. The number of carboxylic acids is 1. The van der Waals surface area contributed by atoms with E-state index in [2.05, 4.69) is 25.2 Å². The molecule has 0 saturated heterocycles. The van der Waals surface area contributed by atoms with Gasteiger partial charge in [0.2, 0.25) is 0 Å². The first kappa shape index (κ1) is 11.7. The number of nitrogens with zero attached hydrogens (tertiary/aromatic N) is 1. The van der Waals surface area contributed by atoms with Crippen molar-refractivity contribution in [3.63, 3.8) is 0 Å². The number of carboxylic acid groups (broad SMARTS) is 1. The first-order valence-corrected chi connectivity index (χ1v) is 5.26. The monoisotopic (exact) mass is 256 g/mol. The van der Waals surface area contributed by atoms with Crippen molar-refractivity contribution in [2.75, 3.05) is 0 Å². The van der Waals surface area contributed by atoms with Crippen LogP contribution in [0.15, 0.2) is 24.5 Å². The summed E-state index contributed by atoms with van der Waals surface area (Å²) in [6.45, 7) is 0. The van der Waals surface area contributed by atoms with Crippen LogP contribution in [0.5, 0.6) is 0 Å². The van der Waals surface area contributed by atoms with Crippen LogP contribution in [0.4, 0.5) is 0 Å². The SMILES string of the molecule is O=C(O)c1cccnc1.[Cl][Cu][Cl]. The molecule has 1 N–H and O–H groups in total. The number of hydrogen-bond acceptors (Lipinski definition) is 2. The van der Waals surface area contributed by atoms with Gasteiger partial charge >= 0.3 is 39.3 Å². The zero-order valence-electron chi connectivity index (χ0n) is 5.67. The van der Waals surface area contributed by atoms with E-state index in [1.807, 2.05) is 0 Å². The molecular formula is C6H5Cl2CuNO2. The van der Waals surface area contributed by atoms with Gasteiger partial charge in [0.1, 0.15) is 0 Å². The third-order valence-electron chi connectivity index (χ3n) is 0.908. The molecule has 0 fully saturated rings. The molecule has 1 heterocycles. The maximum atomic E-state index is 10.2. The Labute approximate surface area is 84.3 Å². The van der Waals surface area contributed by atoms with E-state index < -0.39 is 5.97 Å². The van der Waals surface area contributed by atoms with E-state index in [9.17, 15) is 4.79 Å². The predicted octanol–water partition coefficient (Wildman–Crippen LogP) is 2.16. The standard InChI is InChI=1S/C6H5NO2.2ClH.Cu/c8-6(9)5-2-1-3-7-4-5;;;/h1-4H,(H,8,9);2*1H;/q;;;+2/p-2. The molecule has 1 aromatic rings. The fourth-order valence-electron chi connectivity index (χ4n) is 0.489. The van der Waals surface area contributed by atoms with E-state index in [-0.39, 0.29) is 5.56 Å². The van der Waals surface area contributed by atoms with Crippen molar-refractivity contribution in [2.45, 2.75) is 0 Å². The normalized spacial score (nSPS) is 8.50. The molecule has 6 heteroatoms. The summed E-state index contributed by atoms with van der Waals surface area (Å²) in [5.74, 6) is -0.942. The van der Waals surface area contributed by atoms with Crippen molar-refractivity contribution in [3.05, 3.63) is 30.1 Å². The van der Waals surface area contributed by atoms with Crippen LogP contribution in [0.1, 0.15) is 10.4 Å². The number of carbonyl (C=O) groups is 1. The molecule has 0 bridgehead atoms. The number of halogens is 2. The molecule has 0 aromatic carbocycles. The van der Waals surface area contributed by atoms with Gasteiger partial charge in [-0.2, -0.15) is 0 Å². The van der Waals surface area contributed by atoms with Crippen molar-refractivity contribution >= 4 is 26.2 Å². The van der Waals surface area contributed by atoms with Crippen molar-refractivity contribution in [1.29, 1.82) is 0 Å². The van der Waals surface area contributed by atoms with Crippen molar-refractivity contribution in [2.24, 2.45) is 0 Å². The molecule has 12 heavy (non-hydrogen) atoms. The molecule has 0 amide bonds. The molecule has 0 aliphatic carbocycles. The van der Waals surface area contributed by atoms with E-state index in [4.69, 9.17) is 5.11 Å². The van der Waals surface area contributed by atoms with Gasteiger partial charge in [-0.3, -0.25) is 4.98 Å². The second-order valence-electron chi connectivity index (χ2n) is 1.59. The molecular weight excluding hydrogens is 253 g/mol. The zero-order chi connectivity index (χ0) is 9.40. The van der Waals surface area contributed by atoms with Crippen LogP contribution >= 0.6 is 20.2 Å². The third-order valence-corrected chi connectivity index (χ3v) is 0.908. The Morgan fingerprint density at radius 3 is 2.42 bits per heavy atom. The van der Waals surface area contributed by atoms with E-state index >= 15 is 0 Å². The van der Waals surface area contributed by atoms with Crippen LogP contribution < -0.4 is 0 Å². The summed E-state index contributed by atoms with van der Waals surface area (Å²) >= 11 is 0.757. The first-order valence-electron chi connectivity index (χ1n) is 2.67. The van der Waals surface area contributed by atoms with Crippen molar-refractivity contribution in [3.8, 4) is 0 Å². The predicted molar refractivity (Wildman–Crippen MR) is 42.9 cm³/mol. The number of hydrogen-bond donors (Lipinski definition) is 1. The van der Waals surface area contributed by atoms with Gasteiger partial charge in [-0.25, -0.2) is 4.79 Å². The van der Waals surface area contributed by atoms with Gasteiger partial charge in [0, 0.05) is 12.4 Å². The van der Waals surface area contributed by atoms with E-state index in [1.54, 1.807) is 6.07 Å². The maximum absolute atomic E-state index is 10.2. The second kappa shape index (κ2) is 7.37. The summed E-state index contributed by atoms with van der Waals surface area (Å²) in [6, 6.07) is 3.08. The number of aromatic nitrogens is 1. The van der Waals surface area contributed by atoms with Crippen LogP contribution in [-0.2, 0) is 13.1 Å². The average Bonchev–Trinajstić information content (AvgIpc) is 2.07. The Morgan fingerprint density at radius 1 is 1.58 bits per heavy atom. The number of pyridine rings is 1. The van der Waals surface area contributed by atoms with Crippen LogP contribution in [0.25, 0.3) is 0 Å². The summed E-state index contributed by atoms with van der Waals surface area (Å²) in [6.07, 6.45) is 2.84. The molecule has 0 aliphatic rings. The summed E-state index contributed by atoms with van der Waals surface area (Å²) in [4.78, 5) is 13.8. The molecule has 71 valence electrons. The Morgan fingerprint density at radius 2 is 2.17 bits per heavy atom. The molecule has 0 saturated carbocycles. The molecule has 1 rings (SSSR count). The molecule has 0 spiro atoms. The Hall–Kier alpha value is -0.281. The Bertz CT molecular complexity index is 232. The third kappa shape index (κ3) is 5.38. The molecule has 1 aromatic heterocycles. The van der Waals surface area contributed by atoms with E-state index in [0.29, 0.717) is 0 Å². The minimum absolute atomic E-state index is 0.220. The van der Waals surface area contributed by atoms with Gasteiger partial charge in [-0.1, -0.05) is 0 Å². The molecule has 0 atom stereocenters. The summed E-state index contributed by atoms with van der Waals surface area (Å²) in [5.41, 5.74) is 0.220. The topological polar surface area (TPSA) is 50.2 Å². The van der Waals surface area contributed by atoms with Crippen LogP contribution in [0.3, 0.4) is 0 Å². The Kier molecular flexibility index (Phi) is 7.20. The first-order chi connectivity index (χ1) is 5.72. The summed E-state index contributed by atoms with van der Waals surface area (Å²) < 4.78 is 0. The summed E-state index contributed by atoms with van der Waals surface area (Å²) in [7, 11) is 9.34. The zero-order valence-corrected chi connectivity index (χ0v) is 8.12. The van der Waals surface area contributed by atoms with Gasteiger partial charge in [0.15, 0.2) is 0 Å². The van der Waals surface area contributed by atoms with Crippen molar-refractivity contribution in [1.82, 2.24) is 4.98 Å². The minimum atomic E-state index is -0.942. The average molecular weight is 258 g/mol. The number of aromatic carboxylic acids is 1. The quantitative estimate of drug-likeness (QED) is 0.785. The van der Waals surface area contributed by atoms with E-state index in [1.165, 1.54) is 18.5 Å². The van der Waals surface area contributed by atoms with E-state index in [0.717, 1.165) is 13.1 Å². The van der Waals surface area contributed by atoms with Crippen LogP contribution in [0.2, 0.25) is 0 Å². The summed E-state index contributed by atoms with van der Waals surface area (Å²) in [5, 5.41) is 8.34. The number of rotatable bonds is 1. The fourth-order valence-corrected chi connectivity index (χ4v) is 0.489. The molecule has 0 unspecified atom stereocenters. The van der Waals surface area contributed by atoms with Gasteiger partial charge in [0.05, 0.1) is 5.56 Å². The van der Waals surface area contributed by atoms with Gasteiger partial charge < -0.3 is 5.11 Å². The van der Waals surface area contributed by atoms with Crippen LogP contribution in [0, 0.1) is 0 Å². The fraction of sp³-hybridized carbons (Fsp3) is 0. The van der Waals surface area contributed by atoms with Crippen molar-refractivity contribution < 1.29 is 23.0 Å². The Balaban J connectivity index is 0.000000354. The molecule has 0 radical (unpaired) electrons. The molecule has 0 aliphatic heterocycles. The van der Waals surface area contributed by atoms with Gasteiger partial charge in [-0.05, 0) is 12.1 Å². The van der Waals surface area contributed by atoms with Gasteiger partial charge in [0.25, 0.3) is 0 Å². The van der Waals surface area contributed by atoms with Crippen LogP contribution in [-0.4, -0.2) is 16.1 Å².